The lowest BCUT2D eigenvalue weighted by Gasteiger charge is -2.27. The van der Waals surface area contributed by atoms with Crippen molar-refractivity contribution in [1.29, 1.82) is 0 Å². The van der Waals surface area contributed by atoms with Crippen LogP contribution in [0.1, 0.15) is 25.8 Å². The first kappa shape index (κ1) is 13.6. The smallest absolute Gasteiger partial charge is 0.328 e. The number of carbonyl (C=O) groups is 1. The predicted molar refractivity (Wildman–Crippen MR) is 77.2 cm³/mol. The van der Waals surface area contributed by atoms with E-state index in [2.05, 4.69) is 5.32 Å². The molecule has 0 radical (unpaired) electrons. The second-order valence-corrected chi connectivity index (χ2v) is 4.92. The Hall–Kier alpha value is -1.87. The van der Waals surface area contributed by atoms with Crippen LogP contribution >= 0.6 is 0 Å². The van der Waals surface area contributed by atoms with E-state index < -0.39 is 11.5 Å². The molecule has 0 aliphatic heterocycles. The number of rotatable bonds is 5. The van der Waals surface area contributed by atoms with Gasteiger partial charge in [-0.2, -0.15) is 0 Å². The fourth-order valence-corrected chi connectivity index (χ4v) is 2.18. The van der Waals surface area contributed by atoms with Crippen LogP contribution < -0.4 is 5.32 Å². The lowest BCUT2D eigenvalue weighted by Crippen LogP contribution is -2.46. The van der Waals surface area contributed by atoms with Crippen molar-refractivity contribution in [3.8, 4) is 0 Å². The molecule has 0 aromatic heterocycles. The number of hydrogen-bond donors (Lipinski definition) is 2. The topological polar surface area (TPSA) is 49.3 Å². The molecule has 100 valence electrons. The largest absolute Gasteiger partial charge is 0.480 e. The zero-order chi connectivity index (χ0) is 13.9. The van der Waals surface area contributed by atoms with Crippen LogP contribution in [0.15, 0.2) is 42.5 Å². The van der Waals surface area contributed by atoms with Gasteiger partial charge in [-0.25, -0.2) is 4.79 Å². The third-order valence-corrected chi connectivity index (χ3v) is 3.48. The maximum absolute atomic E-state index is 11.6. The summed E-state index contributed by atoms with van der Waals surface area (Å²) in [5.41, 5.74) is -0.257. The molecule has 0 heterocycles. The van der Waals surface area contributed by atoms with Crippen molar-refractivity contribution in [1.82, 2.24) is 5.32 Å². The zero-order valence-corrected chi connectivity index (χ0v) is 11.3. The van der Waals surface area contributed by atoms with Crippen molar-refractivity contribution < 1.29 is 9.90 Å². The van der Waals surface area contributed by atoms with E-state index in [-0.39, 0.29) is 0 Å². The Morgan fingerprint density at radius 3 is 2.53 bits per heavy atom. The standard InChI is InChI=1S/C16H19NO2/c1-3-10-17-16(2,15(18)19)14-9-8-12-6-4-5-7-13(12)11-14/h4-9,11,17H,3,10H2,1-2H3,(H,18,19). The highest BCUT2D eigenvalue weighted by molar-refractivity contribution is 5.86. The lowest BCUT2D eigenvalue weighted by atomic mass is 9.90. The summed E-state index contributed by atoms with van der Waals surface area (Å²) < 4.78 is 0. The lowest BCUT2D eigenvalue weighted by molar-refractivity contribution is -0.144. The highest BCUT2D eigenvalue weighted by atomic mass is 16.4. The summed E-state index contributed by atoms with van der Waals surface area (Å²) in [5, 5.41) is 14.8. The van der Waals surface area contributed by atoms with Crippen LogP contribution in [0.25, 0.3) is 10.8 Å². The minimum atomic E-state index is -1.04. The van der Waals surface area contributed by atoms with E-state index in [0.29, 0.717) is 6.54 Å². The Labute approximate surface area is 113 Å². The van der Waals surface area contributed by atoms with Crippen LogP contribution in [0.2, 0.25) is 0 Å². The zero-order valence-electron chi connectivity index (χ0n) is 11.3. The van der Waals surface area contributed by atoms with Gasteiger partial charge < -0.3 is 5.11 Å². The van der Waals surface area contributed by atoms with Gasteiger partial charge in [0.1, 0.15) is 5.54 Å². The van der Waals surface area contributed by atoms with Gasteiger partial charge in [-0.05, 0) is 42.3 Å². The molecule has 0 fully saturated rings. The average Bonchev–Trinajstić information content (AvgIpc) is 2.44. The van der Waals surface area contributed by atoms with Crippen LogP contribution in [0.3, 0.4) is 0 Å². The Bertz CT molecular complexity index is 594. The first-order valence-corrected chi connectivity index (χ1v) is 6.55. The number of aliphatic carboxylic acids is 1. The monoisotopic (exact) mass is 257 g/mol. The van der Waals surface area contributed by atoms with Crippen molar-refractivity contribution in [2.24, 2.45) is 0 Å². The van der Waals surface area contributed by atoms with E-state index >= 15 is 0 Å². The number of carboxylic acid groups (broad SMARTS) is 1. The molecule has 0 amide bonds. The molecule has 0 aliphatic rings. The Kier molecular flexibility index (Phi) is 3.86. The van der Waals surface area contributed by atoms with E-state index in [1.54, 1.807) is 6.92 Å². The van der Waals surface area contributed by atoms with E-state index in [1.807, 2.05) is 49.4 Å². The number of nitrogens with one attached hydrogen (secondary N) is 1. The molecule has 1 unspecified atom stereocenters. The summed E-state index contributed by atoms with van der Waals surface area (Å²) in [6, 6.07) is 13.8. The molecule has 3 heteroatoms. The van der Waals surface area contributed by atoms with Gasteiger partial charge in [0.25, 0.3) is 0 Å². The van der Waals surface area contributed by atoms with Gasteiger partial charge >= 0.3 is 5.97 Å². The highest BCUT2D eigenvalue weighted by Crippen LogP contribution is 2.25. The average molecular weight is 257 g/mol. The normalized spacial score (nSPS) is 14.2. The van der Waals surface area contributed by atoms with E-state index in [1.165, 1.54) is 0 Å². The molecule has 2 aromatic rings. The van der Waals surface area contributed by atoms with Crippen molar-refractivity contribution >= 4 is 16.7 Å². The molecule has 1 atom stereocenters. The summed E-state index contributed by atoms with van der Waals surface area (Å²) in [7, 11) is 0. The second kappa shape index (κ2) is 5.41. The maximum Gasteiger partial charge on any atom is 0.328 e. The molecule has 2 N–H and O–H groups in total. The van der Waals surface area contributed by atoms with Crippen LogP contribution in [0.5, 0.6) is 0 Å². The number of benzene rings is 2. The summed E-state index contributed by atoms with van der Waals surface area (Å²) in [6.45, 7) is 4.42. The number of hydrogen-bond acceptors (Lipinski definition) is 2. The van der Waals surface area contributed by atoms with Gasteiger partial charge in [-0.1, -0.05) is 43.3 Å². The van der Waals surface area contributed by atoms with E-state index in [4.69, 9.17) is 0 Å². The number of carboxylic acids is 1. The minimum absolute atomic E-state index is 0.676. The van der Waals surface area contributed by atoms with Gasteiger partial charge in [0.15, 0.2) is 0 Å². The second-order valence-electron chi connectivity index (χ2n) is 4.92. The van der Waals surface area contributed by atoms with Crippen LogP contribution in [0.4, 0.5) is 0 Å². The van der Waals surface area contributed by atoms with E-state index in [0.717, 1.165) is 22.8 Å². The molecule has 0 saturated carbocycles. The maximum atomic E-state index is 11.6. The Balaban J connectivity index is 2.47. The van der Waals surface area contributed by atoms with Crippen molar-refractivity contribution in [2.45, 2.75) is 25.8 Å². The fourth-order valence-electron chi connectivity index (χ4n) is 2.18. The molecular weight excluding hydrogens is 238 g/mol. The first-order chi connectivity index (χ1) is 9.08. The summed E-state index contributed by atoms with van der Waals surface area (Å²) in [6.07, 6.45) is 0.899. The Morgan fingerprint density at radius 1 is 1.21 bits per heavy atom. The molecule has 0 saturated heterocycles. The van der Waals surface area contributed by atoms with Gasteiger partial charge in [0.05, 0.1) is 0 Å². The van der Waals surface area contributed by atoms with Crippen LogP contribution in [0, 0.1) is 0 Å². The van der Waals surface area contributed by atoms with E-state index in [9.17, 15) is 9.90 Å². The third kappa shape index (κ3) is 2.61. The van der Waals surface area contributed by atoms with Gasteiger partial charge in [-0.3, -0.25) is 5.32 Å². The molecule has 0 bridgehead atoms. The van der Waals surface area contributed by atoms with Gasteiger partial charge in [0.2, 0.25) is 0 Å². The Morgan fingerprint density at radius 2 is 1.89 bits per heavy atom. The van der Waals surface area contributed by atoms with Crippen LogP contribution in [-0.2, 0) is 10.3 Å². The van der Waals surface area contributed by atoms with Gasteiger partial charge in [-0.15, -0.1) is 0 Å². The first-order valence-electron chi connectivity index (χ1n) is 6.55. The van der Waals surface area contributed by atoms with Crippen LogP contribution in [-0.4, -0.2) is 17.6 Å². The summed E-state index contributed by atoms with van der Waals surface area (Å²) in [4.78, 5) is 11.6. The minimum Gasteiger partial charge on any atom is -0.480 e. The molecule has 3 nitrogen and oxygen atoms in total. The predicted octanol–water partition coefficient (Wildman–Crippen LogP) is 3.14. The molecule has 0 aliphatic carbocycles. The molecule has 2 rings (SSSR count). The van der Waals surface area contributed by atoms with Crippen molar-refractivity contribution in [2.75, 3.05) is 6.54 Å². The molecule has 2 aromatic carbocycles. The molecular formula is C16H19NO2. The van der Waals surface area contributed by atoms with Crippen molar-refractivity contribution in [3.63, 3.8) is 0 Å². The molecule has 0 spiro atoms. The third-order valence-electron chi connectivity index (χ3n) is 3.48. The quantitative estimate of drug-likeness (QED) is 0.865. The summed E-state index contributed by atoms with van der Waals surface area (Å²) >= 11 is 0. The fraction of sp³-hybridized carbons (Fsp3) is 0.312. The summed E-state index contributed by atoms with van der Waals surface area (Å²) in [5.74, 6) is -0.851. The number of fused-ring (bicyclic) bond motifs is 1. The molecule has 19 heavy (non-hydrogen) atoms. The SMILES string of the molecule is CCCNC(C)(C(=O)O)c1ccc2ccccc2c1. The van der Waals surface area contributed by atoms with Crippen molar-refractivity contribution in [3.05, 3.63) is 48.0 Å². The van der Waals surface area contributed by atoms with Gasteiger partial charge in [0, 0.05) is 0 Å². The highest BCUT2D eigenvalue weighted by Gasteiger charge is 2.34.